The molecule has 0 aliphatic carbocycles. The monoisotopic (exact) mass is 441 g/mol. The first kappa shape index (κ1) is 20.3. The Morgan fingerprint density at radius 3 is 2.46 bits per heavy atom. The SMILES string of the molecule is COc1cc(NC(C)=O)c(Cl)cc1Cn1nc(-c2cc(Cl)cc(Cl)c2)oc1=O. The molecule has 0 aliphatic rings. The minimum absolute atomic E-state index is 0.0415. The van der Waals surface area contributed by atoms with E-state index in [1.54, 1.807) is 30.3 Å². The normalized spacial score (nSPS) is 10.8. The molecule has 0 fully saturated rings. The highest BCUT2D eigenvalue weighted by Crippen LogP contribution is 2.31. The number of carbonyl (C=O) groups is 1. The second-order valence-corrected chi connectivity index (χ2v) is 7.09. The lowest BCUT2D eigenvalue weighted by Gasteiger charge is -2.12. The van der Waals surface area contributed by atoms with Crippen LogP contribution < -0.4 is 15.8 Å². The summed E-state index contributed by atoms with van der Waals surface area (Å²) in [6, 6.07) is 7.89. The summed E-state index contributed by atoms with van der Waals surface area (Å²) in [7, 11) is 1.47. The summed E-state index contributed by atoms with van der Waals surface area (Å²) in [5, 5.41) is 7.87. The second-order valence-electron chi connectivity index (χ2n) is 5.81. The van der Waals surface area contributed by atoms with Gasteiger partial charge in [0.25, 0.3) is 0 Å². The Balaban J connectivity index is 1.96. The summed E-state index contributed by atoms with van der Waals surface area (Å²) < 4.78 is 11.7. The largest absolute Gasteiger partial charge is 0.496 e. The summed E-state index contributed by atoms with van der Waals surface area (Å²) in [4.78, 5) is 23.5. The lowest BCUT2D eigenvalue weighted by Crippen LogP contribution is -2.17. The highest BCUT2D eigenvalue weighted by molar-refractivity contribution is 6.35. The van der Waals surface area contributed by atoms with E-state index in [-0.39, 0.29) is 18.3 Å². The molecule has 0 bridgehead atoms. The second kappa shape index (κ2) is 8.26. The van der Waals surface area contributed by atoms with Gasteiger partial charge in [-0.1, -0.05) is 34.8 Å². The van der Waals surface area contributed by atoms with E-state index in [0.717, 1.165) is 4.68 Å². The van der Waals surface area contributed by atoms with Crippen molar-refractivity contribution in [2.24, 2.45) is 0 Å². The summed E-state index contributed by atoms with van der Waals surface area (Å²) >= 11 is 18.2. The number of benzene rings is 2. The molecule has 0 aliphatic heterocycles. The van der Waals surface area contributed by atoms with Crippen molar-refractivity contribution in [3.05, 3.63) is 61.5 Å². The average molecular weight is 443 g/mol. The van der Waals surface area contributed by atoms with Crippen molar-refractivity contribution in [2.75, 3.05) is 12.4 Å². The number of aromatic nitrogens is 2. The van der Waals surface area contributed by atoms with Gasteiger partial charge in [-0.15, -0.1) is 5.10 Å². The smallest absolute Gasteiger partial charge is 0.437 e. The Hall–Kier alpha value is -2.48. The van der Waals surface area contributed by atoms with Crippen molar-refractivity contribution in [1.29, 1.82) is 0 Å². The van der Waals surface area contributed by atoms with Crippen LogP contribution in [-0.2, 0) is 11.3 Å². The van der Waals surface area contributed by atoms with Gasteiger partial charge in [0.2, 0.25) is 11.8 Å². The predicted octanol–water partition coefficient (Wildman–Crippen LogP) is 4.48. The molecule has 146 valence electrons. The maximum atomic E-state index is 12.2. The maximum absolute atomic E-state index is 12.2. The van der Waals surface area contributed by atoms with Crippen molar-refractivity contribution in [1.82, 2.24) is 9.78 Å². The number of amides is 1. The van der Waals surface area contributed by atoms with Gasteiger partial charge in [-0.3, -0.25) is 4.79 Å². The fraction of sp³-hybridized carbons (Fsp3) is 0.167. The Morgan fingerprint density at radius 2 is 1.86 bits per heavy atom. The fourth-order valence-corrected chi connectivity index (χ4v) is 3.31. The Labute approximate surface area is 174 Å². The Kier molecular flexibility index (Phi) is 5.98. The first-order valence-electron chi connectivity index (χ1n) is 7.95. The zero-order valence-electron chi connectivity index (χ0n) is 14.8. The van der Waals surface area contributed by atoms with Crippen molar-refractivity contribution >= 4 is 46.4 Å². The molecular formula is C18H14Cl3N3O4. The Bertz CT molecular complexity index is 1090. The third-order valence-corrected chi connectivity index (χ3v) is 4.47. The van der Waals surface area contributed by atoms with Crippen LogP contribution in [0.2, 0.25) is 15.1 Å². The van der Waals surface area contributed by atoms with Gasteiger partial charge in [0.1, 0.15) is 5.75 Å². The van der Waals surface area contributed by atoms with Crippen LogP contribution in [0.5, 0.6) is 5.75 Å². The highest BCUT2D eigenvalue weighted by atomic mass is 35.5. The van der Waals surface area contributed by atoms with Crippen molar-refractivity contribution < 1.29 is 13.9 Å². The summed E-state index contributed by atoms with van der Waals surface area (Å²) in [6.07, 6.45) is 0. The van der Waals surface area contributed by atoms with E-state index < -0.39 is 5.76 Å². The molecule has 10 heteroatoms. The van der Waals surface area contributed by atoms with E-state index in [2.05, 4.69) is 10.4 Å². The topological polar surface area (TPSA) is 86.4 Å². The van der Waals surface area contributed by atoms with Crippen molar-refractivity contribution in [2.45, 2.75) is 13.5 Å². The third-order valence-electron chi connectivity index (χ3n) is 3.72. The molecule has 0 atom stereocenters. The highest BCUT2D eigenvalue weighted by Gasteiger charge is 2.16. The van der Waals surface area contributed by atoms with Crippen LogP contribution in [0.1, 0.15) is 12.5 Å². The number of halogens is 3. The van der Waals surface area contributed by atoms with E-state index in [1.807, 2.05) is 0 Å². The van der Waals surface area contributed by atoms with Crippen LogP contribution in [0.3, 0.4) is 0 Å². The van der Waals surface area contributed by atoms with E-state index in [1.165, 1.54) is 14.0 Å². The zero-order valence-corrected chi connectivity index (χ0v) is 17.0. The van der Waals surface area contributed by atoms with Gasteiger partial charge >= 0.3 is 5.76 Å². The van der Waals surface area contributed by atoms with E-state index in [0.29, 0.717) is 37.6 Å². The number of methoxy groups -OCH3 is 1. The average Bonchev–Trinajstić information content (AvgIpc) is 2.97. The first-order chi connectivity index (χ1) is 13.3. The minimum atomic E-state index is -0.671. The molecule has 1 N–H and O–H groups in total. The number of rotatable bonds is 5. The first-order valence-corrected chi connectivity index (χ1v) is 9.08. The molecule has 1 heterocycles. The molecule has 0 saturated carbocycles. The Morgan fingerprint density at radius 1 is 1.18 bits per heavy atom. The predicted molar refractivity (Wildman–Crippen MR) is 108 cm³/mol. The number of nitrogens with zero attached hydrogens (tertiary/aromatic N) is 2. The molecule has 0 unspecified atom stereocenters. The van der Waals surface area contributed by atoms with E-state index in [9.17, 15) is 9.59 Å². The quantitative estimate of drug-likeness (QED) is 0.629. The van der Waals surface area contributed by atoms with Crippen molar-refractivity contribution in [3.63, 3.8) is 0 Å². The van der Waals surface area contributed by atoms with E-state index >= 15 is 0 Å². The minimum Gasteiger partial charge on any atom is -0.496 e. The lowest BCUT2D eigenvalue weighted by atomic mass is 10.1. The van der Waals surface area contributed by atoms with Crippen LogP contribution in [0, 0.1) is 0 Å². The molecule has 3 aromatic rings. The number of hydrogen-bond acceptors (Lipinski definition) is 5. The van der Waals surface area contributed by atoms with Crippen LogP contribution >= 0.6 is 34.8 Å². The van der Waals surface area contributed by atoms with Crippen molar-refractivity contribution in [3.8, 4) is 17.2 Å². The number of anilines is 1. The molecule has 28 heavy (non-hydrogen) atoms. The van der Waals surface area contributed by atoms with Gasteiger partial charge in [0.05, 0.1) is 24.4 Å². The number of carbonyl (C=O) groups excluding carboxylic acids is 1. The molecule has 7 nitrogen and oxygen atoms in total. The molecule has 0 spiro atoms. The van der Waals surface area contributed by atoms with Crippen LogP contribution in [0.25, 0.3) is 11.5 Å². The van der Waals surface area contributed by atoms with Gasteiger partial charge in [0, 0.05) is 34.2 Å². The molecule has 0 saturated heterocycles. The molecule has 0 radical (unpaired) electrons. The fourth-order valence-electron chi connectivity index (χ4n) is 2.56. The van der Waals surface area contributed by atoms with Crippen LogP contribution in [0.4, 0.5) is 5.69 Å². The number of hydrogen-bond donors (Lipinski definition) is 1. The standard InChI is InChI=1S/C18H14Cl3N3O4/c1-9(25)22-15-7-16(27-2)11(5-14(15)21)8-24-18(26)28-17(23-24)10-3-12(19)6-13(20)4-10/h3-7H,8H2,1-2H3,(H,22,25). The third kappa shape index (κ3) is 4.49. The summed E-state index contributed by atoms with van der Waals surface area (Å²) in [6.45, 7) is 1.41. The lowest BCUT2D eigenvalue weighted by molar-refractivity contribution is -0.114. The molecular weight excluding hydrogens is 429 g/mol. The number of nitrogens with one attached hydrogen (secondary N) is 1. The molecule has 2 aromatic carbocycles. The zero-order chi connectivity index (χ0) is 20.4. The van der Waals surface area contributed by atoms with E-state index in [4.69, 9.17) is 44.0 Å². The van der Waals surface area contributed by atoms with Gasteiger partial charge in [-0.25, -0.2) is 4.79 Å². The molecule has 3 rings (SSSR count). The van der Waals surface area contributed by atoms with Gasteiger partial charge in [-0.2, -0.15) is 4.68 Å². The van der Waals surface area contributed by atoms with Crippen LogP contribution in [0.15, 0.2) is 39.5 Å². The number of ether oxygens (including phenoxy) is 1. The molecule has 1 aromatic heterocycles. The van der Waals surface area contributed by atoms with Crippen LogP contribution in [-0.4, -0.2) is 22.8 Å². The van der Waals surface area contributed by atoms with Gasteiger partial charge < -0.3 is 14.5 Å². The molecule has 1 amide bonds. The summed E-state index contributed by atoms with van der Waals surface area (Å²) in [5.74, 6) is -0.436. The maximum Gasteiger partial charge on any atom is 0.437 e. The van der Waals surface area contributed by atoms with Gasteiger partial charge in [-0.05, 0) is 24.3 Å². The van der Waals surface area contributed by atoms with Gasteiger partial charge in [0.15, 0.2) is 0 Å². The summed E-state index contributed by atoms with van der Waals surface area (Å²) in [5.41, 5.74) is 1.45.